The molecule has 0 saturated heterocycles. The Morgan fingerprint density at radius 3 is 1.08 bits per heavy atom. The molecule has 0 aliphatic carbocycles. The summed E-state index contributed by atoms with van der Waals surface area (Å²) >= 11 is 0. The van der Waals surface area contributed by atoms with Crippen LogP contribution < -0.4 is 0 Å². The first-order valence-corrected chi connectivity index (χ1v) is 9.64. The predicted molar refractivity (Wildman–Crippen MR) is 106 cm³/mol. The number of aliphatic carboxylic acids is 1. The van der Waals surface area contributed by atoms with Gasteiger partial charge in [-0.3, -0.25) is 4.79 Å². The van der Waals surface area contributed by atoms with Crippen LogP contribution in [-0.2, 0) is 4.79 Å². The first-order valence-electron chi connectivity index (χ1n) is 9.64. The topological polar surface area (TPSA) is 94.8 Å². The summed E-state index contributed by atoms with van der Waals surface area (Å²) in [6.07, 6.45) is 18.4. The van der Waals surface area contributed by atoms with Gasteiger partial charge in [-0.05, 0) is 6.42 Å². The minimum atomic E-state index is -1.83. The van der Waals surface area contributed by atoms with Crippen LogP contribution in [0.25, 0.3) is 0 Å². The molecule has 0 atom stereocenters. The summed E-state index contributed by atoms with van der Waals surface area (Å²) in [7, 11) is 0. The summed E-state index contributed by atoms with van der Waals surface area (Å²) in [6, 6.07) is 0. The quantitative estimate of drug-likeness (QED) is 0.210. The van der Waals surface area contributed by atoms with Gasteiger partial charge in [-0.15, -0.1) is 0 Å². The second kappa shape index (κ2) is 26.2. The molecule has 0 fully saturated rings. The third kappa shape index (κ3) is 40.2. The average Bonchev–Trinajstić information content (AvgIpc) is 2.50. The van der Waals surface area contributed by atoms with Crippen LogP contribution in [0, 0.1) is 0 Å². The number of hydrogen-bond donors (Lipinski definition) is 3. The van der Waals surface area contributed by atoms with E-state index >= 15 is 0 Å². The van der Waals surface area contributed by atoms with Crippen LogP contribution in [-0.4, -0.2) is 65.2 Å². The summed E-state index contributed by atoms with van der Waals surface area (Å²) < 4.78 is 0. The predicted octanol–water partition coefficient (Wildman–Crippen LogP) is 6.40. The SMILES string of the molecule is CCCCCCCCCCCCCCCCCC(=O)O.O=C(O)O.[Ca+2].[H-].[H-]. The zero-order valence-electron chi connectivity index (χ0n) is 18.2. The van der Waals surface area contributed by atoms with Gasteiger partial charge in [-0.2, -0.15) is 0 Å². The van der Waals surface area contributed by atoms with Crippen molar-refractivity contribution in [2.75, 3.05) is 0 Å². The molecule has 0 aromatic carbocycles. The summed E-state index contributed by atoms with van der Waals surface area (Å²) in [5.74, 6) is -0.653. The Labute approximate surface area is 186 Å². The number of carbonyl (C=O) groups is 2. The maximum absolute atomic E-state index is 10.3. The minimum Gasteiger partial charge on any atom is -1.00 e. The Bertz CT molecular complexity index is 291. The number of unbranched alkanes of at least 4 members (excludes halogenated alkanes) is 14. The van der Waals surface area contributed by atoms with E-state index in [0.717, 1.165) is 12.8 Å². The molecular weight excluding hydrogens is 348 g/mol. The standard InChI is InChI=1S/C18H36O2.CH2O3.Ca.2H/c1-2-3-4-5-6-7-8-9-10-11-12-13-14-15-16-17-18(19)20;2-1(3)4;;;/h2-17H2,1H3,(H,19,20);(H2,2,3,4);;;/q;;+2;2*-1. The van der Waals surface area contributed by atoms with Gasteiger partial charge < -0.3 is 18.2 Å². The Kier molecular flexibility index (Phi) is 31.2. The van der Waals surface area contributed by atoms with Crippen molar-refractivity contribution < 1.29 is 27.8 Å². The van der Waals surface area contributed by atoms with Gasteiger partial charge in [0.05, 0.1) is 0 Å². The summed E-state index contributed by atoms with van der Waals surface area (Å²) in [6.45, 7) is 2.27. The van der Waals surface area contributed by atoms with Crippen LogP contribution in [0.3, 0.4) is 0 Å². The van der Waals surface area contributed by atoms with E-state index in [2.05, 4.69) is 6.92 Å². The van der Waals surface area contributed by atoms with Crippen molar-refractivity contribution in [3.05, 3.63) is 0 Å². The fourth-order valence-electron chi connectivity index (χ4n) is 2.65. The van der Waals surface area contributed by atoms with E-state index in [4.69, 9.17) is 20.1 Å². The third-order valence-corrected chi connectivity index (χ3v) is 3.99. The molecule has 0 saturated carbocycles. The molecule has 0 rings (SSSR count). The number of rotatable bonds is 16. The molecule has 0 amide bonds. The van der Waals surface area contributed by atoms with Crippen molar-refractivity contribution >= 4 is 49.9 Å². The van der Waals surface area contributed by atoms with Crippen molar-refractivity contribution in [3.63, 3.8) is 0 Å². The van der Waals surface area contributed by atoms with Gasteiger partial charge in [-0.25, -0.2) is 4.79 Å². The monoisotopic (exact) mass is 388 g/mol. The molecule has 6 heteroatoms. The van der Waals surface area contributed by atoms with Crippen molar-refractivity contribution in [1.82, 2.24) is 0 Å². The Balaban J connectivity index is -0.000000209. The van der Waals surface area contributed by atoms with E-state index in [1.807, 2.05) is 0 Å². The van der Waals surface area contributed by atoms with Crippen molar-refractivity contribution in [2.24, 2.45) is 0 Å². The number of carboxylic acids is 1. The summed E-state index contributed by atoms with van der Waals surface area (Å²) in [5.41, 5.74) is 0. The van der Waals surface area contributed by atoms with Gasteiger partial charge in [0.1, 0.15) is 0 Å². The van der Waals surface area contributed by atoms with Gasteiger partial charge in [0.2, 0.25) is 0 Å². The zero-order valence-corrected chi connectivity index (χ0v) is 18.4. The van der Waals surface area contributed by atoms with Crippen LogP contribution >= 0.6 is 0 Å². The normalized spacial score (nSPS) is 9.64. The van der Waals surface area contributed by atoms with Crippen LogP contribution in [0.15, 0.2) is 0 Å². The molecule has 0 aliphatic heterocycles. The second-order valence-corrected chi connectivity index (χ2v) is 6.38. The second-order valence-electron chi connectivity index (χ2n) is 6.38. The maximum Gasteiger partial charge on any atom is 2.00 e. The van der Waals surface area contributed by atoms with Crippen LogP contribution in [0.1, 0.15) is 113 Å². The average molecular weight is 389 g/mol. The van der Waals surface area contributed by atoms with Crippen molar-refractivity contribution in [2.45, 2.75) is 110 Å². The van der Waals surface area contributed by atoms with Gasteiger partial charge in [0, 0.05) is 6.42 Å². The molecule has 5 nitrogen and oxygen atoms in total. The van der Waals surface area contributed by atoms with Gasteiger partial charge in [0.15, 0.2) is 0 Å². The molecule has 0 unspecified atom stereocenters. The zero-order chi connectivity index (χ0) is 18.5. The minimum absolute atomic E-state index is 0. The van der Waals surface area contributed by atoms with E-state index in [0.29, 0.717) is 6.42 Å². The van der Waals surface area contributed by atoms with Crippen molar-refractivity contribution in [3.8, 4) is 0 Å². The maximum atomic E-state index is 10.3. The van der Waals surface area contributed by atoms with E-state index in [9.17, 15) is 4.79 Å². The van der Waals surface area contributed by atoms with Crippen LogP contribution in [0.4, 0.5) is 4.79 Å². The molecule has 3 N–H and O–H groups in total. The molecule has 0 bridgehead atoms. The van der Waals surface area contributed by atoms with Gasteiger partial charge >= 0.3 is 49.9 Å². The molecule has 25 heavy (non-hydrogen) atoms. The van der Waals surface area contributed by atoms with E-state index in [-0.39, 0.29) is 40.6 Å². The van der Waals surface area contributed by atoms with Gasteiger partial charge in [-0.1, -0.05) is 96.8 Å². The number of carboxylic acid groups (broad SMARTS) is 3. The fraction of sp³-hybridized carbons (Fsp3) is 0.895. The number of hydrogen-bond acceptors (Lipinski definition) is 2. The Morgan fingerprint density at radius 2 is 0.840 bits per heavy atom. The van der Waals surface area contributed by atoms with E-state index < -0.39 is 12.1 Å². The fourth-order valence-corrected chi connectivity index (χ4v) is 2.65. The van der Waals surface area contributed by atoms with Gasteiger partial charge in [0.25, 0.3) is 0 Å². The molecule has 0 spiro atoms. The third-order valence-electron chi connectivity index (χ3n) is 3.99. The Hall–Kier alpha value is -0.000260. The van der Waals surface area contributed by atoms with Crippen LogP contribution in [0.2, 0.25) is 0 Å². The molecule has 0 heterocycles. The van der Waals surface area contributed by atoms with Crippen LogP contribution in [0.5, 0.6) is 0 Å². The smallest absolute Gasteiger partial charge is 1.00 e. The molecule has 148 valence electrons. The first-order chi connectivity index (χ1) is 11.5. The molecule has 0 radical (unpaired) electrons. The molecule has 0 aromatic heterocycles. The largest absolute Gasteiger partial charge is 2.00 e. The molecular formula is C19H40CaO5. The Morgan fingerprint density at radius 1 is 0.600 bits per heavy atom. The van der Waals surface area contributed by atoms with E-state index in [1.165, 1.54) is 83.5 Å². The first kappa shape index (κ1) is 29.8. The summed E-state index contributed by atoms with van der Waals surface area (Å²) in [5, 5.41) is 22.5. The molecule has 0 aromatic rings. The summed E-state index contributed by atoms with van der Waals surface area (Å²) in [4.78, 5) is 18.9. The molecule has 0 aliphatic rings. The van der Waals surface area contributed by atoms with E-state index in [1.54, 1.807) is 0 Å². The van der Waals surface area contributed by atoms with Crippen molar-refractivity contribution in [1.29, 1.82) is 0 Å².